The van der Waals surface area contributed by atoms with E-state index in [1.54, 1.807) is 12.1 Å². The van der Waals surface area contributed by atoms with E-state index in [2.05, 4.69) is 20.3 Å². The first kappa shape index (κ1) is 11.8. The number of rotatable bonds is 4. The van der Waals surface area contributed by atoms with Crippen LogP contribution in [0.5, 0.6) is 0 Å². The van der Waals surface area contributed by atoms with Gasteiger partial charge in [0.1, 0.15) is 0 Å². The van der Waals surface area contributed by atoms with E-state index in [0.717, 1.165) is 5.69 Å². The van der Waals surface area contributed by atoms with Crippen LogP contribution in [0.1, 0.15) is 10.5 Å². The van der Waals surface area contributed by atoms with Gasteiger partial charge < -0.3 is 10.7 Å². The van der Waals surface area contributed by atoms with Crippen molar-refractivity contribution >= 4 is 17.4 Å². The summed E-state index contributed by atoms with van der Waals surface area (Å²) in [7, 11) is 1.75. The Labute approximate surface area is 103 Å². The van der Waals surface area contributed by atoms with Crippen molar-refractivity contribution in [3.8, 4) is 0 Å². The van der Waals surface area contributed by atoms with E-state index < -0.39 is 5.91 Å². The average molecular weight is 244 g/mol. The van der Waals surface area contributed by atoms with E-state index in [1.165, 1.54) is 6.33 Å². The number of aromatic amines is 1. The molecule has 0 fully saturated rings. The van der Waals surface area contributed by atoms with Crippen molar-refractivity contribution in [1.82, 2.24) is 9.97 Å². The summed E-state index contributed by atoms with van der Waals surface area (Å²) in [5.41, 5.74) is 6.16. The molecule has 2 aromatic rings. The smallest absolute Gasteiger partial charge is 0.269 e. The van der Waals surface area contributed by atoms with Gasteiger partial charge in [-0.3, -0.25) is 4.79 Å². The summed E-state index contributed by atoms with van der Waals surface area (Å²) in [6, 6.07) is 9.47. The van der Waals surface area contributed by atoms with Gasteiger partial charge in [0.15, 0.2) is 5.69 Å². The normalized spacial score (nSPS) is 10.7. The lowest BCUT2D eigenvalue weighted by Gasteiger charge is -2.09. The van der Waals surface area contributed by atoms with Gasteiger partial charge in [0.05, 0.1) is 12.0 Å². The van der Waals surface area contributed by atoms with Gasteiger partial charge in [0.25, 0.3) is 5.91 Å². The van der Waals surface area contributed by atoms with Gasteiger partial charge in [-0.1, -0.05) is 23.4 Å². The molecule has 0 spiro atoms. The SMILES string of the molecule is CN(/N=N/c1nc[nH]c1C(N)=O)c1ccccc1. The zero-order chi connectivity index (χ0) is 13.0. The van der Waals surface area contributed by atoms with Crippen LogP contribution in [-0.2, 0) is 0 Å². The number of amides is 1. The molecule has 7 nitrogen and oxygen atoms in total. The van der Waals surface area contributed by atoms with Crippen LogP contribution in [0.15, 0.2) is 47.0 Å². The van der Waals surface area contributed by atoms with Crippen LogP contribution in [0, 0.1) is 0 Å². The van der Waals surface area contributed by atoms with Crippen LogP contribution in [0.25, 0.3) is 0 Å². The number of anilines is 1. The highest BCUT2D eigenvalue weighted by Crippen LogP contribution is 2.16. The minimum atomic E-state index is -0.621. The number of H-pyrrole nitrogens is 1. The van der Waals surface area contributed by atoms with Crippen LogP contribution >= 0.6 is 0 Å². The van der Waals surface area contributed by atoms with Gasteiger partial charge in [-0.2, -0.15) is 0 Å². The molecule has 0 aliphatic rings. The molecule has 1 aromatic heterocycles. The molecule has 0 bridgehead atoms. The van der Waals surface area contributed by atoms with Crippen molar-refractivity contribution in [1.29, 1.82) is 0 Å². The first-order chi connectivity index (χ1) is 8.68. The Kier molecular flexibility index (Phi) is 3.33. The number of aromatic nitrogens is 2. The average Bonchev–Trinajstić information content (AvgIpc) is 2.85. The standard InChI is InChI=1S/C11H12N6O/c1-17(8-5-3-2-4-6-8)16-15-11-9(10(12)18)13-7-14-11/h2-7H,1H3,(H2,12,18)(H,13,14)/b16-15+. The molecule has 0 unspecified atom stereocenters. The molecule has 0 saturated carbocycles. The van der Waals surface area contributed by atoms with Crippen LogP contribution in [0.4, 0.5) is 11.5 Å². The van der Waals surface area contributed by atoms with E-state index in [0.29, 0.717) is 0 Å². The molecule has 3 N–H and O–H groups in total. The minimum absolute atomic E-state index is 0.139. The number of carbonyl (C=O) groups is 1. The third-order valence-corrected chi connectivity index (χ3v) is 2.27. The summed E-state index contributed by atoms with van der Waals surface area (Å²) in [4.78, 5) is 17.5. The van der Waals surface area contributed by atoms with Gasteiger partial charge in [-0.05, 0) is 12.1 Å². The van der Waals surface area contributed by atoms with E-state index in [1.807, 2.05) is 30.3 Å². The maximum Gasteiger partial charge on any atom is 0.269 e. The fraction of sp³-hybridized carbons (Fsp3) is 0.0909. The zero-order valence-corrected chi connectivity index (χ0v) is 9.74. The van der Waals surface area contributed by atoms with Crippen molar-refractivity contribution in [3.63, 3.8) is 0 Å². The fourth-order valence-corrected chi connectivity index (χ4v) is 1.35. The molecular weight excluding hydrogens is 232 g/mol. The number of benzene rings is 1. The van der Waals surface area contributed by atoms with Crippen LogP contribution in [0.2, 0.25) is 0 Å². The third-order valence-electron chi connectivity index (χ3n) is 2.27. The Morgan fingerprint density at radius 3 is 2.78 bits per heavy atom. The molecule has 18 heavy (non-hydrogen) atoms. The van der Waals surface area contributed by atoms with E-state index >= 15 is 0 Å². The monoisotopic (exact) mass is 244 g/mol. The molecule has 92 valence electrons. The molecule has 1 amide bonds. The Morgan fingerprint density at radius 2 is 2.11 bits per heavy atom. The lowest BCUT2D eigenvalue weighted by atomic mass is 10.3. The molecule has 0 aliphatic carbocycles. The minimum Gasteiger partial charge on any atom is -0.364 e. The second-order valence-corrected chi connectivity index (χ2v) is 3.51. The summed E-state index contributed by atoms with van der Waals surface area (Å²) in [6.07, 6.45) is 1.34. The number of nitrogens with one attached hydrogen (secondary N) is 1. The highest BCUT2D eigenvalue weighted by molar-refractivity contribution is 5.94. The molecule has 0 aliphatic heterocycles. The summed E-state index contributed by atoms with van der Waals surface area (Å²) < 4.78 is 0. The summed E-state index contributed by atoms with van der Waals surface area (Å²) in [5.74, 6) is -0.450. The van der Waals surface area contributed by atoms with Gasteiger partial charge in [-0.25, -0.2) is 9.99 Å². The fourth-order valence-electron chi connectivity index (χ4n) is 1.35. The molecule has 7 heteroatoms. The molecule has 0 radical (unpaired) electrons. The Bertz CT molecular complexity index is 562. The van der Waals surface area contributed by atoms with Crippen molar-refractivity contribution in [3.05, 3.63) is 42.4 Å². The molecule has 0 saturated heterocycles. The van der Waals surface area contributed by atoms with Crippen molar-refractivity contribution in [2.75, 3.05) is 12.1 Å². The highest BCUT2D eigenvalue weighted by atomic mass is 16.1. The second kappa shape index (κ2) is 5.09. The number of nitrogens with two attached hydrogens (primary N) is 1. The number of para-hydroxylation sites is 1. The van der Waals surface area contributed by atoms with Crippen molar-refractivity contribution in [2.24, 2.45) is 16.1 Å². The van der Waals surface area contributed by atoms with Gasteiger partial charge >= 0.3 is 0 Å². The lowest BCUT2D eigenvalue weighted by Crippen LogP contribution is -2.11. The van der Waals surface area contributed by atoms with Crippen LogP contribution in [-0.4, -0.2) is 22.9 Å². The first-order valence-electron chi connectivity index (χ1n) is 5.22. The van der Waals surface area contributed by atoms with Crippen LogP contribution in [0.3, 0.4) is 0 Å². The van der Waals surface area contributed by atoms with Gasteiger partial charge in [0.2, 0.25) is 5.82 Å². The predicted octanol–water partition coefficient (Wildman–Crippen LogP) is 1.64. The number of hydrogen-bond donors (Lipinski definition) is 2. The quantitative estimate of drug-likeness (QED) is 0.631. The van der Waals surface area contributed by atoms with E-state index in [-0.39, 0.29) is 11.5 Å². The number of carbonyl (C=O) groups excluding carboxylic acids is 1. The van der Waals surface area contributed by atoms with E-state index in [9.17, 15) is 4.79 Å². The maximum atomic E-state index is 11.0. The van der Waals surface area contributed by atoms with Crippen molar-refractivity contribution < 1.29 is 4.79 Å². The van der Waals surface area contributed by atoms with Gasteiger partial charge in [0, 0.05) is 7.05 Å². The Balaban J connectivity index is 2.16. The molecule has 2 rings (SSSR count). The summed E-state index contributed by atoms with van der Waals surface area (Å²) >= 11 is 0. The van der Waals surface area contributed by atoms with Gasteiger partial charge in [-0.15, -0.1) is 5.11 Å². The molecule has 1 heterocycles. The Hall–Kier alpha value is -2.70. The molecule has 0 atom stereocenters. The Morgan fingerprint density at radius 1 is 1.39 bits per heavy atom. The van der Waals surface area contributed by atoms with Crippen LogP contribution < -0.4 is 10.7 Å². The summed E-state index contributed by atoms with van der Waals surface area (Å²) in [5, 5.41) is 9.39. The maximum absolute atomic E-state index is 11.0. The molecule has 1 aromatic carbocycles. The van der Waals surface area contributed by atoms with Crippen molar-refractivity contribution in [2.45, 2.75) is 0 Å². The number of primary amides is 1. The number of nitrogens with zero attached hydrogens (tertiary/aromatic N) is 4. The number of hydrogen-bond acceptors (Lipinski definition) is 4. The zero-order valence-electron chi connectivity index (χ0n) is 9.74. The second-order valence-electron chi connectivity index (χ2n) is 3.51. The molecular formula is C11H12N6O. The van der Waals surface area contributed by atoms with E-state index in [4.69, 9.17) is 5.73 Å². The summed E-state index contributed by atoms with van der Waals surface area (Å²) in [6.45, 7) is 0. The highest BCUT2D eigenvalue weighted by Gasteiger charge is 2.10. The predicted molar refractivity (Wildman–Crippen MR) is 66.5 cm³/mol. The largest absolute Gasteiger partial charge is 0.364 e. The first-order valence-corrected chi connectivity index (χ1v) is 5.22. The third kappa shape index (κ3) is 2.51. The topological polar surface area (TPSA) is 99.7 Å². The number of imidazole rings is 1. The lowest BCUT2D eigenvalue weighted by molar-refractivity contribution is 0.0996.